The predicted molar refractivity (Wildman–Crippen MR) is 53.7 cm³/mol. The molecule has 0 heterocycles. The van der Waals surface area contributed by atoms with E-state index in [1.54, 1.807) is 0 Å². The van der Waals surface area contributed by atoms with Crippen LogP contribution in [0.4, 0.5) is 0 Å². The van der Waals surface area contributed by atoms with Crippen molar-refractivity contribution in [2.45, 2.75) is 26.3 Å². The first-order chi connectivity index (χ1) is 4.56. The van der Waals surface area contributed by atoms with Crippen LogP contribution in [0.2, 0.25) is 0 Å². The van der Waals surface area contributed by atoms with Gasteiger partial charge in [-0.1, -0.05) is 11.9 Å². The fraction of sp³-hybridized carbons (Fsp3) is 1.00. The average molecular weight is 179 g/mol. The summed E-state index contributed by atoms with van der Waals surface area (Å²) in [5.41, 5.74) is 0.253. The second-order valence-corrected chi connectivity index (χ2v) is 5.08. The minimum atomic E-state index is 0.253. The van der Waals surface area contributed by atoms with Crippen molar-refractivity contribution in [1.82, 2.24) is 4.72 Å². The van der Waals surface area contributed by atoms with Crippen LogP contribution in [-0.2, 0) is 0 Å². The highest BCUT2D eigenvalue weighted by Gasteiger charge is 2.07. The molecule has 1 nitrogen and oxygen atoms in total. The van der Waals surface area contributed by atoms with E-state index in [-0.39, 0.29) is 5.54 Å². The van der Waals surface area contributed by atoms with Gasteiger partial charge in [0.05, 0.1) is 0 Å². The van der Waals surface area contributed by atoms with E-state index in [9.17, 15) is 0 Å². The van der Waals surface area contributed by atoms with E-state index in [4.69, 9.17) is 0 Å². The third kappa shape index (κ3) is 8.66. The van der Waals surface area contributed by atoms with Gasteiger partial charge in [0.25, 0.3) is 0 Å². The Morgan fingerprint density at radius 3 is 2.20 bits per heavy atom. The number of hydrogen-bond donors (Lipinski definition) is 1. The van der Waals surface area contributed by atoms with Gasteiger partial charge in [-0.2, -0.15) is 11.8 Å². The van der Waals surface area contributed by atoms with Crippen molar-refractivity contribution in [2.75, 3.05) is 17.8 Å². The Hall–Kier alpha value is 0.660. The van der Waals surface area contributed by atoms with Crippen LogP contribution >= 0.6 is 23.7 Å². The molecule has 10 heavy (non-hydrogen) atoms. The van der Waals surface area contributed by atoms with Crippen LogP contribution < -0.4 is 4.72 Å². The summed E-state index contributed by atoms with van der Waals surface area (Å²) in [6.07, 6.45) is 2.14. The number of hydrogen-bond acceptors (Lipinski definition) is 3. The van der Waals surface area contributed by atoms with E-state index < -0.39 is 0 Å². The second-order valence-electron chi connectivity index (χ2n) is 3.19. The summed E-state index contributed by atoms with van der Waals surface area (Å²) in [4.78, 5) is 0. The molecule has 3 heteroatoms. The number of rotatable bonds is 4. The van der Waals surface area contributed by atoms with Crippen molar-refractivity contribution in [1.29, 1.82) is 0 Å². The molecule has 62 valence electrons. The fourth-order valence-electron chi connectivity index (χ4n) is 0.393. The van der Waals surface area contributed by atoms with Crippen LogP contribution in [-0.4, -0.2) is 23.3 Å². The lowest BCUT2D eigenvalue weighted by atomic mass is 10.1. The molecule has 0 aromatic rings. The zero-order valence-electron chi connectivity index (χ0n) is 7.23. The molecular formula is C7H17NS2. The molecule has 0 bridgehead atoms. The van der Waals surface area contributed by atoms with Gasteiger partial charge in [-0.3, -0.25) is 4.72 Å². The van der Waals surface area contributed by atoms with E-state index >= 15 is 0 Å². The van der Waals surface area contributed by atoms with E-state index in [1.165, 1.54) is 11.5 Å². The highest BCUT2D eigenvalue weighted by Crippen LogP contribution is 2.07. The standard InChI is InChI=1S/C7H17NS2/c1-7(2,3)8-10-6-5-9-4/h8H,5-6H2,1-4H3. The van der Waals surface area contributed by atoms with E-state index in [2.05, 4.69) is 31.7 Å². The number of nitrogens with one attached hydrogen (secondary N) is 1. The largest absolute Gasteiger partial charge is 0.259 e. The highest BCUT2D eigenvalue weighted by molar-refractivity contribution is 8.01. The zero-order valence-corrected chi connectivity index (χ0v) is 8.86. The molecule has 0 rings (SSSR count). The van der Waals surface area contributed by atoms with Gasteiger partial charge in [0, 0.05) is 17.0 Å². The minimum absolute atomic E-state index is 0.253. The van der Waals surface area contributed by atoms with Crippen molar-refractivity contribution >= 4 is 23.7 Å². The van der Waals surface area contributed by atoms with Crippen LogP contribution in [0.1, 0.15) is 20.8 Å². The third-order valence-corrected chi connectivity index (χ3v) is 2.80. The van der Waals surface area contributed by atoms with Crippen LogP contribution in [0.25, 0.3) is 0 Å². The van der Waals surface area contributed by atoms with Gasteiger partial charge >= 0.3 is 0 Å². The molecule has 0 aliphatic heterocycles. The Morgan fingerprint density at radius 2 is 1.80 bits per heavy atom. The monoisotopic (exact) mass is 179 g/mol. The molecule has 0 saturated heterocycles. The van der Waals surface area contributed by atoms with Gasteiger partial charge in [-0.15, -0.1) is 0 Å². The summed E-state index contributed by atoms with van der Waals surface area (Å²) in [5.74, 6) is 2.42. The molecule has 0 radical (unpaired) electrons. The van der Waals surface area contributed by atoms with Crippen molar-refractivity contribution in [3.63, 3.8) is 0 Å². The van der Waals surface area contributed by atoms with Crippen LogP contribution in [0.5, 0.6) is 0 Å². The molecular weight excluding hydrogens is 162 g/mol. The lowest BCUT2D eigenvalue weighted by Gasteiger charge is -2.18. The third-order valence-electron chi connectivity index (χ3n) is 0.768. The molecule has 0 spiro atoms. The van der Waals surface area contributed by atoms with E-state index in [1.807, 2.05) is 23.7 Å². The molecule has 0 unspecified atom stereocenters. The molecule has 0 aromatic heterocycles. The van der Waals surface area contributed by atoms with Crippen molar-refractivity contribution in [3.8, 4) is 0 Å². The maximum absolute atomic E-state index is 3.36. The molecule has 0 aliphatic carbocycles. The predicted octanol–water partition coefficient (Wildman–Crippen LogP) is 2.39. The van der Waals surface area contributed by atoms with E-state index in [0.29, 0.717) is 0 Å². The van der Waals surface area contributed by atoms with Crippen molar-refractivity contribution in [2.24, 2.45) is 0 Å². The highest BCUT2D eigenvalue weighted by atomic mass is 32.2. The van der Waals surface area contributed by atoms with Crippen molar-refractivity contribution < 1.29 is 0 Å². The first kappa shape index (κ1) is 10.7. The first-order valence-corrected chi connectivity index (χ1v) is 5.82. The summed E-state index contributed by atoms with van der Waals surface area (Å²) >= 11 is 3.71. The fourth-order valence-corrected chi connectivity index (χ4v) is 1.93. The Bertz CT molecular complexity index is 78.2. The molecule has 0 amide bonds. The van der Waals surface area contributed by atoms with Crippen molar-refractivity contribution in [3.05, 3.63) is 0 Å². The van der Waals surface area contributed by atoms with Gasteiger partial charge in [0.1, 0.15) is 0 Å². The van der Waals surface area contributed by atoms with Gasteiger partial charge in [0.15, 0.2) is 0 Å². The zero-order chi connectivity index (χ0) is 8.04. The molecule has 0 saturated carbocycles. The maximum atomic E-state index is 3.36. The Balaban J connectivity index is 3.04. The summed E-state index contributed by atoms with van der Waals surface area (Å²) in [6.45, 7) is 6.54. The smallest absolute Gasteiger partial charge is 0.0198 e. The van der Waals surface area contributed by atoms with Crippen LogP contribution in [0.15, 0.2) is 0 Å². The van der Waals surface area contributed by atoms with Gasteiger partial charge < -0.3 is 0 Å². The minimum Gasteiger partial charge on any atom is -0.259 e. The Morgan fingerprint density at radius 1 is 1.20 bits per heavy atom. The molecule has 0 aromatic carbocycles. The van der Waals surface area contributed by atoms with Crippen LogP contribution in [0, 0.1) is 0 Å². The van der Waals surface area contributed by atoms with E-state index in [0.717, 1.165) is 0 Å². The van der Waals surface area contributed by atoms with Gasteiger partial charge in [0.2, 0.25) is 0 Å². The quantitative estimate of drug-likeness (QED) is 0.526. The molecule has 0 fully saturated rings. The van der Waals surface area contributed by atoms with Gasteiger partial charge in [-0.25, -0.2) is 0 Å². The maximum Gasteiger partial charge on any atom is 0.0198 e. The lowest BCUT2D eigenvalue weighted by Crippen LogP contribution is -2.30. The molecule has 0 atom stereocenters. The summed E-state index contributed by atoms with van der Waals surface area (Å²) in [7, 11) is 0. The summed E-state index contributed by atoms with van der Waals surface area (Å²) in [6, 6.07) is 0. The summed E-state index contributed by atoms with van der Waals surface area (Å²) in [5, 5.41) is 0. The second kappa shape index (κ2) is 5.33. The molecule has 1 N–H and O–H groups in total. The lowest BCUT2D eigenvalue weighted by molar-refractivity contribution is 0.536. The van der Waals surface area contributed by atoms with Crippen LogP contribution in [0.3, 0.4) is 0 Å². The van der Waals surface area contributed by atoms with Gasteiger partial charge in [-0.05, 0) is 27.0 Å². The Kier molecular flexibility index (Phi) is 5.68. The Labute approximate surface area is 72.9 Å². The first-order valence-electron chi connectivity index (χ1n) is 3.44. The molecule has 0 aliphatic rings. The number of thioether (sulfide) groups is 1. The topological polar surface area (TPSA) is 12.0 Å². The summed E-state index contributed by atoms with van der Waals surface area (Å²) < 4.78 is 3.36. The SMILES string of the molecule is CSCCSNC(C)(C)C. The average Bonchev–Trinajstić information content (AvgIpc) is 1.78. The normalized spacial score (nSPS) is 12.0.